The van der Waals surface area contributed by atoms with Gasteiger partial charge in [0.2, 0.25) is 5.91 Å². The van der Waals surface area contributed by atoms with Crippen LogP contribution in [0, 0.1) is 5.92 Å². The van der Waals surface area contributed by atoms with Crippen molar-refractivity contribution < 1.29 is 4.79 Å². The standard InChI is InChI=1S/C17H25BrN2O/c1-12(3-4-14-5-7-16(18)8-6-14)20-17(21)15-9-10-19-13(2)11-15/h5-8,12-13,15,19H,3-4,9-11H2,1-2H3,(H,20,21)/t12?,13-,15-/m0/s1. The van der Waals surface area contributed by atoms with E-state index < -0.39 is 0 Å². The first-order valence-electron chi connectivity index (χ1n) is 7.83. The summed E-state index contributed by atoms with van der Waals surface area (Å²) in [4.78, 5) is 12.3. The van der Waals surface area contributed by atoms with E-state index in [4.69, 9.17) is 0 Å². The number of carbonyl (C=O) groups excluding carboxylic acids is 1. The van der Waals surface area contributed by atoms with E-state index in [9.17, 15) is 4.79 Å². The molecule has 1 fully saturated rings. The van der Waals surface area contributed by atoms with Crippen LogP contribution in [0.2, 0.25) is 0 Å². The largest absolute Gasteiger partial charge is 0.353 e. The molecular weight excluding hydrogens is 328 g/mol. The van der Waals surface area contributed by atoms with Crippen LogP contribution in [0.3, 0.4) is 0 Å². The lowest BCUT2D eigenvalue weighted by molar-refractivity contribution is -0.126. The molecule has 1 aromatic rings. The van der Waals surface area contributed by atoms with E-state index in [1.807, 2.05) is 0 Å². The van der Waals surface area contributed by atoms with Crippen LogP contribution in [-0.4, -0.2) is 24.5 Å². The molecular formula is C17H25BrN2O. The molecule has 2 rings (SSSR count). The first-order valence-corrected chi connectivity index (χ1v) is 8.62. The summed E-state index contributed by atoms with van der Waals surface area (Å²) in [5, 5.41) is 6.56. The Kier molecular flexibility index (Phi) is 6.24. The topological polar surface area (TPSA) is 41.1 Å². The molecule has 116 valence electrons. The molecule has 1 aliphatic rings. The number of hydrogen-bond acceptors (Lipinski definition) is 2. The summed E-state index contributed by atoms with van der Waals surface area (Å²) < 4.78 is 1.10. The van der Waals surface area contributed by atoms with Gasteiger partial charge in [-0.2, -0.15) is 0 Å². The zero-order valence-corrected chi connectivity index (χ0v) is 14.4. The average Bonchev–Trinajstić information content (AvgIpc) is 2.46. The Morgan fingerprint density at radius 3 is 2.81 bits per heavy atom. The van der Waals surface area contributed by atoms with Crippen molar-refractivity contribution in [3.05, 3.63) is 34.3 Å². The normalized spacial score (nSPS) is 23.6. The Morgan fingerprint density at radius 1 is 1.43 bits per heavy atom. The molecule has 3 nitrogen and oxygen atoms in total. The summed E-state index contributed by atoms with van der Waals surface area (Å²) in [5.74, 6) is 0.406. The molecule has 0 bridgehead atoms. The summed E-state index contributed by atoms with van der Waals surface area (Å²) in [5.41, 5.74) is 1.31. The Bertz CT molecular complexity index is 460. The van der Waals surface area contributed by atoms with Gasteiger partial charge in [-0.25, -0.2) is 0 Å². The molecule has 0 radical (unpaired) electrons. The van der Waals surface area contributed by atoms with Crippen molar-refractivity contribution in [2.75, 3.05) is 6.54 Å². The van der Waals surface area contributed by atoms with E-state index in [0.717, 1.165) is 36.7 Å². The third kappa shape index (κ3) is 5.44. The lowest BCUT2D eigenvalue weighted by Crippen LogP contribution is -2.44. The Hall–Kier alpha value is -0.870. The fourth-order valence-electron chi connectivity index (χ4n) is 2.84. The molecule has 1 saturated heterocycles. The number of benzene rings is 1. The Morgan fingerprint density at radius 2 is 2.14 bits per heavy atom. The SMILES string of the molecule is CC(CCc1ccc(Br)cc1)NC(=O)[C@H]1CCN[C@@H](C)C1. The van der Waals surface area contributed by atoms with Crippen LogP contribution < -0.4 is 10.6 Å². The van der Waals surface area contributed by atoms with Crippen LogP contribution >= 0.6 is 15.9 Å². The lowest BCUT2D eigenvalue weighted by Gasteiger charge is -2.28. The predicted molar refractivity (Wildman–Crippen MR) is 90.3 cm³/mol. The summed E-state index contributed by atoms with van der Waals surface area (Å²) in [7, 11) is 0. The molecule has 4 heteroatoms. The molecule has 21 heavy (non-hydrogen) atoms. The minimum Gasteiger partial charge on any atom is -0.353 e. The quantitative estimate of drug-likeness (QED) is 0.853. The zero-order chi connectivity index (χ0) is 15.2. The lowest BCUT2D eigenvalue weighted by atomic mass is 9.92. The van der Waals surface area contributed by atoms with Crippen LogP contribution in [0.25, 0.3) is 0 Å². The molecule has 0 saturated carbocycles. The number of piperidine rings is 1. The van der Waals surface area contributed by atoms with E-state index in [2.05, 4.69) is 64.7 Å². The highest BCUT2D eigenvalue weighted by Gasteiger charge is 2.25. The van der Waals surface area contributed by atoms with Crippen molar-refractivity contribution in [1.29, 1.82) is 0 Å². The van der Waals surface area contributed by atoms with Crippen LogP contribution in [0.4, 0.5) is 0 Å². The van der Waals surface area contributed by atoms with E-state index in [-0.39, 0.29) is 17.9 Å². The maximum Gasteiger partial charge on any atom is 0.223 e. The van der Waals surface area contributed by atoms with Crippen molar-refractivity contribution in [2.24, 2.45) is 5.92 Å². The highest BCUT2D eigenvalue weighted by atomic mass is 79.9. The van der Waals surface area contributed by atoms with Gasteiger partial charge in [-0.1, -0.05) is 28.1 Å². The van der Waals surface area contributed by atoms with Gasteiger partial charge in [0, 0.05) is 22.5 Å². The monoisotopic (exact) mass is 352 g/mol. The number of halogens is 1. The van der Waals surface area contributed by atoms with Crippen molar-refractivity contribution in [1.82, 2.24) is 10.6 Å². The van der Waals surface area contributed by atoms with E-state index >= 15 is 0 Å². The molecule has 0 aromatic heterocycles. The van der Waals surface area contributed by atoms with E-state index in [1.54, 1.807) is 0 Å². The third-order valence-corrected chi connectivity index (χ3v) is 4.69. The van der Waals surface area contributed by atoms with Crippen molar-refractivity contribution in [3.63, 3.8) is 0 Å². The molecule has 1 aromatic carbocycles. The van der Waals surface area contributed by atoms with Gasteiger partial charge in [-0.05, 0) is 63.8 Å². The average molecular weight is 353 g/mol. The second kappa shape index (κ2) is 7.95. The van der Waals surface area contributed by atoms with Gasteiger partial charge < -0.3 is 10.6 Å². The number of hydrogen-bond donors (Lipinski definition) is 2. The van der Waals surface area contributed by atoms with Gasteiger partial charge in [0.25, 0.3) is 0 Å². The summed E-state index contributed by atoms with van der Waals surface area (Å²) in [6.07, 6.45) is 3.88. The van der Waals surface area contributed by atoms with Crippen LogP contribution in [0.1, 0.15) is 38.7 Å². The van der Waals surface area contributed by atoms with Gasteiger partial charge in [0.15, 0.2) is 0 Å². The molecule has 3 atom stereocenters. The van der Waals surface area contributed by atoms with Crippen LogP contribution in [0.15, 0.2) is 28.7 Å². The smallest absolute Gasteiger partial charge is 0.223 e. The zero-order valence-electron chi connectivity index (χ0n) is 12.9. The number of carbonyl (C=O) groups is 1. The first-order chi connectivity index (χ1) is 10.0. The Labute approximate surface area is 136 Å². The molecule has 0 aliphatic carbocycles. The second-order valence-electron chi connectivity index (χ2n) is 6.15. The van der Waals surface area contributed by atoms with Gasteiger partial charge in [0.05, 0.1) is 0 Å². The number of rotatable bonds is 5. The fraction of sp³-hybridized carbons (Fsp3) is 0.588. The van der Waals surface area contributed by atoms with Crippen LogP contribution in [0.5, 0.6) is 0 Å². The third-order valence-electron chi connectivity index (χ3n) is 4.16. The van der Waals surface area contributed by atoms with Gasteiger partial charge >= 0.3 is 0 Å². The Balaban J connectivity index is 1.74. The maximum atomic E-state index is 12.3. The molecule has 1 heterocycles. The van der Waals surface area contributed by atoms with Crippen molar-refractivity contribution >= 4 is 21.8 Å². The molecule has 0 spiro atoms. The van der Waals surface area contributed by atoms with E-state index in [1.165, 1.54) is 5.56 Å². The molecule has 1 aliphatic heterocycles. The molecule has 1 amide bonds. The summed E-state index contributed by atoms with van der Waals surface area (Å²) in [6, 6.07) is 9.07. The highest BCUT2D eigenvalue weighted by molar-refractivity contribution is 9.10. The number of amides is 1. The van der Waals surface area contributed by atoms with Gasteiger partial charge in [0.1, 0.15) is 0 Å². The fourth-order valence-corrected chi connectivity index (χ4v) is 3.10. The van der Waals surface area contributed by atoms with Crippen molar-refractivity contribution in [3.8, 4) is 0 Å². The minimum atomic E-state index is 0.177. The number of aryl methyl sites for hydroxylation is 1. The predicted octanol–water partition coefficient (Wildman–Crippen LogP) is 3.27. The van der Waals surface area contributed by atoms with Gasteiger partial charge in [-0.3, -0.25) is 4.79 Å². The highest BCUT2D eigenvalue weighted by Crippen LogP contribution is 2.17. The summed E-state index contributed by atoms with van der Waals surface area (Å²) >= 11 is 3.44. The second-order valence-corrected chi connectivity index (χ2v) is 7.07. The van der Waals surface area contributed by atoms with Crippen molar-refractivity contribution in [2.45, 2.75) is 51.6 Å². The van der Waals surface area contributed by atoms with Gasteiger partial charge in [-0.15, -0.1) is 0 Å². The van der Waals surface area contributed by atoms with E-state index in [0.29, 0.717) is 6.04 Å². The molecule has 1 unspecified atom stereocenters. The summed E-state index contributed by atoms with van der Waals surface area (Å²) in [6.45, 7) is 5.20. The van der Waals surface area contributed by atoms with Crippen LogP contribution in [-0.2, 0) is 11.2 Å². The maximum absolute atomic E-state index is 12.3. The number of nitrogens with one attached hydrogen (secondary N) is 2. The molecule has 2 N–H and O–H groups in total. The first kappa shape index (κ1) is 16.5. The minimum absolute atomic E-state index is 0.177.